The van der Waals surface area contributed by atoms with Crippen LogP contribution in [0.15, 0.2) is 24.3 Å². The second-order valence-corrected chi connectivity index (χ2v) is 4.12. The van der Waals surface area contributed by atoms with Crippen molar-refractivity contribution in [3.63, 3.8) is 0 Å². The third-order valence-electron chi connectivity index (χ3n) is 2.07. The Balaban J connectivity index is 2.25. The topological polar surface area (TPSA) is 33.6 Å². The molecule has 0 amide bonds. The van der Waals surface area contributed by atoms with E-state index in [4.69, 9.17) is 23.8 Å². The van der Waals surface area contributed by atoms with E-state index in [0.29, 0.717) is 11.2 Å². The first-order valence-corrected chi connectivity index (χ1v) is 5.30. The van der Waals surface area contributed by atoms with Crippen LogP contribution in [-0.4, -0.2) is 14.8 Å². The van der Waals surface area contributed by atoms with E-state index < -0.39 is 0 Å². The number of halogens is 1. The van der Waals surface area contributed by atoms with Gasteiger partial charge in [0.25, 0.3) is 0 Å². The summed E-state index contributed by atoms with van der Waals surface area (Å²) in [5.41, 5.74) is 1.12. The molecule has 0 saturated carbocycles. The average Bonchev–Trinajstić information content (AvgIpc) is 2.45. The normalized spacial score (nSPS) is 10.5. The molecule has 0 aliphatic rings. The molecule has 3 nitrogen and oxygen atoms in total. The molecule has 5 heteroatoms. The number of aromatic amines is 1. The fourth-order valence-electron chi connectivity index (χ4n) is 1.38. The Morgan fingerprint density at radius 1 is 1.53 bits per heavy atom. The largest absolute Gasteiger partial charge is 0.283 e. The van der Waals surface area contributed by atoms with Gasteiger partial charge < -0.3 is 0 Å². The molecule has 15 heavy (non-hydrogen) atoms. The third kappa shape index (κ3) is 2.46. The number of nitrogens with zero attached hydrogens (tertiary/aromatic N) is 2. The number of rotatable bonds is 2. The van der Waals surface area contributed by atoms with Crippen molar-refractivity contribution in [2.45, 2.75) is 6.42 Å². The summed E-state index contributed by atoms with van der Waals surface area (Å²) in [4.78, 5) is 4.21. The quantitative estimate of drug-likeness (QED) is 0.818. The molecule has 2 aromatic rings. The second kappa shape index (κ2) is 4.16. The Bertz CT molecular complexity index is 529. The van der Waals surface area contributed by atoms with E-state index in [-0.39, 0.29) is 0 Å². The summed E-state index contributed by atoms with van der Waals surface area (Å²) in [5, 5.41) is 3.81. The van der Waals surface area contributed by atoms with Crippen molar-refractivity contribution >= 4 is 23.8 Å². The summed E-state index contributed by atoms with van der Waals surface area (Å²) in [6.07, 6.45) is 0.713. The predicted octanol–water partition coefficient (Wildman–Crippen LogP) is 2.72. The molecule has 0 radical (unpaired) electrons. The van der Waals surface area contributed by atoms with E-state index in [1.807, 2.05) is 31.3 Å². The van der Waals surface area contributed by atoms with Gasteiger partial charge in [-0.2, -0.15) is 0 Å². The summed E-state index contributed by atoms with van der Waals surface area (Å²) in [7, 11) is 1.84. The van der Waals surface area contributed by atoms with Gasteiger partial charge in [0, 0.05) is 18.5 Å². The molecular weight excluding hydrogens is 230 g/mol. The highest BCUT2D eigenvalue weighted by molar-refractivity contribution is 7.71. The first-order valence-electron chi connectivity index (χ1n) is 4.51. The van der Waals surface area contributed by atoms with Crippen molar-refractivity contribution in [2.24, 2.45) is 7.05 Å². The Hall–Kier alpha value is -1.13. The SMILES string of the molecule is Cn1[nH]c(Cc2cccc(Cl)c2)nc1=S. The van der Waals surface area contributed by atoms with E-state index in [1.165, 1.54) is 0 Å². The molecule has 0 spiro atoms. The molecule has 78 valence electrons. The molecule has 1 N–H and O–H groups in total. The first-order chi connectivity index (χ1) is 7.15. The van der Waals surface area contributed by atoms with Crippen LogP contribution in [0.25, 0.3) is 0 Å². The number of aryl methyl sites for hydroxylation is 1. The van der Waals surface area contributed by atoms with Gasteiger partial charge >= 0.3 is 0 Å². The predicted molar refractivity (Wildman–Crippen MR) is 62.7 cm³/mol. The highest BCUT2D eigenvalue weighted by atomic mass is 35.5. The fourth-order valence-corrected chi connectivity index (χ4v) is 1.74. The fraction of sp³-hybridized carbons (Fsp3) is 0.200. The second-order valence-electron chi connectivity index (χ2n) is 3.32. The van der Waals surface area contributed by atoms with Crippen LogP contribution in [0, 0.1) is 4.77 Å². The molecule has 0 saturated heterocycles. The van der Waals surface area contributed by atoms with Crippen molar-refractivity contribution < 1.29 is 0 Å². The zero-order valence-electron chi connectivity index (χ0n) is 8.20. The first kappa shape index (κ1) is 10.4. The smallest absolute Gasteiger partial charge is 0.215 e. The van der Waals surface area contributed by atoms with Crippen molar-refractivity contribution in [2.75, 3.05) is 0 Å². The number of aromatic nitrogens is 3. The van der Waals surface area contributed by atoms with Crippen LogP contribution in [0.3, 0.4) is 0 Å². The maximum atomic E-state index is 5.89. The van der Waals surface area contributed by atoms with E-state index in [1.54, 1.807) is 4.68 Å². The summed E-state index contributed by atoms with van der Waals surface area (Å²) in [6, 6.07) is 7.71. The van der Waals surface area contributed by atoms with Crippen molar-refractivity contribution in [1.29, 1.82) is 0 Å². The molecule has 0 bridgehead atoms. The van der Waals surface area contributed by atoms with Crippen LogP contribution in [0.5, 0.6) is 0 Å². The molecule has 1 heterocycles. The van der Waals surface area contributed by atoms with Crippen molar-refractivity contribution in [3.8, 4) is 0 Å². The highest BCUT2D eigenvalue weighted by Crippen LogP contribution is 2.12. The van der Waals surface area contributed by atoms with Crippen molar-refractivity contribution in [1.82, 2.24) is 14.8 Å². The third-order valence-corrected chi connectivity index (χ3v) is 2.68. The Kier molecular flexibility index (Phi) is 2.88. The lowest BCUT2D eigenvalue weighted by atomic mass is 10.1. The van der Waals surface area contributed by atoms with Gasteiger partial charge in [0.15, 0.2) is 0 Å². The van der Waals surface area contributed by atoms with E-state index in [0.717, 1.165) is 16.4 Å². The van der Waals surface area contributed by atoms with Gasteiger partial charge in [-0.3, -0.25) is 9.78 Å². The van der Waals surface area contributed by atoms with Crippen LogP contribution in [0.1, 0.15) is 11.4 Å². The molecule has 0 aliphatic heterocycles. The minimum Gasteiger partial charge on any atom is -0.283 e. The van der Waals surface area contributed by atoms with Gasteiger partial charge in [-0.1, -0.05) is 23.7 Å². The maximum Gasteiger partial charge on any atom is 0.215 e. The maximum absolute atomic E-state index is 5.89. The number of hydrogen-bond donors (Lipinski definition) is 1. The number of benzene rings is 1. The van der Waals surface area contributed by atoms with E-state index in [2.05, 4.69) is 10.1 Å². The van der Waals surface area contributed by atoms with Crippen LogP contribution in [-0.2, 0) is 13.5 Å². The van der Waals surface area contributed by atoms with E-state index in [9.17, 15) is 0 Å². The van der Waals surface area contributed by atoms with Gasteiger partial charge in [-0.05, 0) is 29.9 Å². The molecule has 0 unspecified atom stereocenters. The minimum absolute atomic E-state index is 0.562. The van der Waals surface area contributed by atoms with Crippen LogP contribution < -0.4 is 0 Å². The van der Waals surface area contributed by atoms with Gasteiger partial charge in [0.2, 0.25) is 4.77 Å². The summed E-state index contributed by atoms with van der Waals surface area (Å²) in [5.74, 6) is 0.852. The summed E-state index contributed by atoms with van der Waals surface area (Å²) < 4.78 is 2.28. The summed E-state index contributed by atoms with van der Waals surface area (Å²) >= 11 is 10.9. The monoisotopic (exact) mass is 239 g/mol. The highest BCUT2D eigenvalue weighted by Gasteiger charge is 2.01. The van der Waals surface area contributed by atoms with Crippen LogP contribution in [0.2, 0.25) is 5.02 Å². The molecular formula is C10H10ClN3S. The van der Waals surface area contributed by atoms with Gasteiger partial charge in [-0.15, -0.1) is 0 Å². The van der Waals surface area contributed by atoms with Gasteiger partial charge in [0.1, 0.15) is 5.82 Å². The number of H-pyrrole nitrogens is 1. The average molecular weight is 240 g/mol. The van der Waals surface area contributed by atoms with E-state index >= 15 is 0 Å². The lowest BCUT2D eigenvalue weighted by Crippen LogP contribution is -1.93. The Morgan fingerprint density at radius 3 is 2.93 bits per heavy atom. The van der Waals surface area contributed by atoms with Crippen LogP contribution in [0.4, 0.5) is 0 Å². The molecule has 0 atom stereocenters. The molecule has 2 rings (SSSR count). The van der Waals surface area contributed by atoms with Crippen molar-refractivity contribution in [3.05, 3.63) is 45.4 Å². The van der Waals surface area contributed by atoms with Gasteiger partial charge in [0.05, 0.1) is 0 Å². The molecule has 0 fully saturated rings. The number of nitrogens with one attached hydrogen (secondary N) is 1. The molecule has 1 aromatic heterocycles. The number of hydrogen-bond acceptors (Lipinski definition) is 2. The zero-order valence-corrected chi connectivity index (χ0v) is 9.77. The lowest BCUT2D eigenvalue weighted by Gasteiger charge is -1.98. The minimum atomic E-state index is 0.562. The standard InChI is InChI=1S/C10H10ClN3S/c1-14-10(15)12-9(13-14)6-7-3-2-4-8(11)5-7/h2-5H,6H2,1H3,(H,12,13,15). The Labute approximate surface area is 97.7 Å². The molecule has 0 aliphatic carbocycles. The lowest BCUT2D eigenvalue weighted by molar-refractivity contribution is 0.740. The van der Waals surface area contributed by atoms with Crippen LogP contribution >= 0.6 is 23.8 Å². The summed E-state index contributed by atoms with van der Waals surface area (Å²) in [6.45, 7) is 0. The molecule has 1 aromatic carbocycles. The van der Waals surface area contributed by atoms with Gasteiger partial charge in [-0.25, -0.2) is 4.98 Å². The zero-order chi connectivity index (χ0) is 10.8. The Morgan fingerprint density at radius 2 is 2.33 bits per heavy atom.